The van der Waals surface area contributed by atoms with E-state index in [2.05, 4.69) is 40.6 Å². The molecule has 0 atom stereocenters. The summed E-state index contributed by atoms with van der Waals surface area (Å²) in [7, 11) is 3.32. The summed E-state index contributed by atoms with van der Waals surface area (Å²) in [5, 5.41) is 9.06. The highest BCUT2D eigenvalue weighted by molar-refractivity contribution is 5.79. The first-order valence-corrected chi connectivity index (χ1v) is 9.46. The van der Waals surface area contributed by atoms with Crippen LogP contribution in [0.4, 0.5) is 5.69 Å². The van der Waals surface area contributed by atoms with E-state index in [0.29, 0.717) is 0 Å². The fraction of sp³-hybridized carbons (Fsp3) is 0.120. The number of rotatable bonds is 6. The molecule has 3 aromatic rings. The van der Waals surface area contributed by atoms with Gasteiger partial charge in [0.15, 0.2) is 0 Å². The van der Waals surface area contributed by atoms with Gasteiger partial charge in [0, 0.05) is 12.0 Å². The molecule has 0 aromatic heterocycles. The maximum Gasteiger partial charge on any atom is 0.119 e. The molecule has 0 aliphatic heterocycles. The third kappa shape index (κ3) is 4.27. The largest absolute Gasteiger partial charge is 0.497 e. The summed E-state index contributed by atoms with van der Waals surface area (Å²) >= 11 is 0. The van der Waals surface area contributed by atoms with Crippen molar-refractivity contribution >= 4 is 17.5 Å². The molecule has 0 heterocycles. The molecule has 0 radical (unpaired) electrons. The summed E-state index contributed by atoms with van der Waals surface area (Å²) in [5.41, 5.74) is 6.38. The van der Waals surface area contributed by atoms with Crippen molar-refractivity contribution in [1.82, 2.24) is 0 Å². The van der Waals surface area contributed by atoms with Crippen molar-refractivity contribution in [3.8, 4) is 11.5 Å². The topological polar surface area (TPSA) is 43.2 Å². The van der Waals surface area contributed by atoms with Crippen molar-refractivity contribution in [1.29, 1.82) is 0 Å². The fourth-order valence-electron chi connectivity index (χ4n) is 3.29. The van der Waals surface area contributed by atoms with Crippen molar-refractivity contribution in [2.24, 2.45) is 10.2 Å². The van der Waals surface area contributed by atoms with Gasteiger partial charge in [-0.15, -0.1) is 5.11 Å². The maximum atomic E-state index is 5.23. The van der Waals surface area contributed by atoms with Gasteiger partial charge in [-0.2, -0.15) is 5.11 Å². The molecule has 0 unspecified atom stereocenters. The first-order chi connectivity index (χ1) is 14.3. The molecule has 4 nitrogen and oxygen atoms in total. The zero-order valence-corrected chi connectivity index (χ0v) is 16.5. The van der Waals surface area contributed by atoms with Gasteiger partial charge in [0.25, 0.3) is 0 Å². The van der Waals surface area contributed by atoms with Crippen LogP contribution in [0.3, 0.4) is 0 Å². The van der Waals surface area contributed by atoms with E-state index in [9.17, 15) is 0 Å². The minimum atomic E-state index is 0.793. The first-order valence-electron chi connectivity index (χ1n) is 9.46. The number of allylic oxidation sites excluding steroid dienone is 2. The molecule has 0 bridgehead atoms. The predicted molar refractivity (Wildman–Crippen MR) is 117 cm³/mol. The lowest BCUT2D eigenvalue weighted by molar-refractivity contribution is 0.414. The Bertz CT molecular complexity index is 1080. The number of azo groups is 1. The van der Waals surface area contributed by atoms with Crippen LogP contribution >= 0.6 is 0 Å². The first kappa shape index (κ1) is 18.7. The van der Waals surface area contributed by atoms with Gasteiger partial charge in [0.05, 0.1) is 25.6 Å². The van der Waals surface area contributed by atoms with Crippen LogP contribution in [0.25, 0.3) is 11.8 Å². The van der Waals surface area contributed by atoms with Crippen LogP contribution in [0.1, 0.15) is 16.7 Å². The molecule has 0 N–H and O–H groups in total. The van der Waals surface area contributed by atoms with Crippen LogP contribution in [-0.2, 0) is 6.42 Å². The van der Waals surface area contributed by atoms with Crippen molar-refractivity contribution < 1.29 is 9.47 Å². The predicted octanol–water partition coefficient (Wildman–Crippen LogP) is 6.47. The Morgan fingerprint density at radius 3 is 2.07 bits per heavy atom. The Morgan fingerprint density at radius 1 is 0.724 bits per heavy atom. The van der Waals surface area contributed by atoms with Gasteiger partial charge in [0.2, 0.25) is 0 Å². The van der Waals surface area contributed by atoms with Crippen molar-refractivity contribution in [3.05, 3.63) is 101 Å². The second-order valence-corrected chi connectivity index (χ2v) is 6.71. The number of benzene rings is 3. The number of hydrogen-bond acceptors (Lipinski definition) is 4. The lowest BCUT2D eigenvalue weighted by Gasteiger charge is -2.01. The van der Waals surface area contributed by atoms with E-state index < -0.39 is 0 Å². The molecule has 29 heavy (non-hydrogen) atoms. The molecule has 3 aromatic carbocycles. The Kier molecular flexibility index (Phi) is 5.52. The number of methoxy groups -OCH3 is 2. The molecular formula is C25H22N2O2. The van der Waals surface area contributed by atoms with Gasteiger partial charge in [-0.05, 0) is 53.1 Å². The van der Waals surface area contributed by atoms with E-state index in [0.717, 1.165) is 46.0 Å². The van der Waals surface area contributed by atoms with E-state index in [4.69, 9.17) is 9.47 Å². The van der Waals surface area contributed by atoms with Crippen LogP contribution < -0.4 is 9.47 Å². The van der Waals surface area contributed by atoms with E-state index in [1.807, 2.05) is 54.6 Å². The van der Waals surface area contributed by atoms with Crippen LogP contribution in [0.2, 0.25) is 0 Å². The SMILES string of the molecule is COc1ccc(/C=C/C2=C(N=Nc3ccc(OC)cc3)c3ccccc3C2)cc1. The van der Waals surface area contributed by atoms with Crippen LogP contribution in [0.15, 0.2) is 94.7 Å². The van der Waals surface area contributed by atoms with Crippen LogP contribution in [0, 0.1) is 0 Å². The lowest BCUT2D eigenvalue weighted by Crippen LogP contribution is -1.82. The zero-order chi connectivity index (χ0) is 20.1. The molecule has 144 valence electrons. The number of fused-ring (bicyclic) bond motifs is 1. The molecule has 0 saturated heterocycles. The Morgan fingerprint density at radius 2 is 1.38 bits per heavy atom. The molecule has 4 heteroatoms. The molecule has 0 fully saturated rings. The zero-order valence-electron chi connectivity index (χ0n) is 16.5. The van der Waals surface area contributed by atoms with Gasteiger partial charge < -0.3 is 9.47 Å². The molecule has 1 aliphatic rings. The normalized spacial score (nSPS) is 13.3. The number of ether oxygens (including phenoxy) is 2. The number of nitrogens with zero attached hydrogens (tertiary/aromatic N) is 2. The summed E-state index contributed by atoms with van der Waals surface area (Å²) in [6.07, 6.45) is 5.08. The lowest BCUT2D eigenvalue weighted by atomic mass is 10.1. The summed E-state index contributed by atoms with van der Waals surface area (Å²) in [6, 6.07) is 23.9. The minimum absolute atomic E-state index is 0.793. The Labute approximate surface area is 170 Å². The Hall–Kier alpha value is -3.66. The average molecular weight is 382 g/mol. The summed E-state index contributed by atoms with van der Waals surface area (Å²) < 4.78 is 10.4. The summed E-state index contributed by atoms with van der Waals surface area (Å²) in [6.45, 7) is 0. The maximum absolute atomic E-state index is 5.23. The molecule has 0 saturated carbocycles. The monoisotopic (exact) mass is 382 g/mol. The average Bonchev–Trinajstić information content (AvgIpc) is 3.14. The quantitative estimate of drug-likeness (QED) is 0.459. The van der Waals surface area contributed by atoms with E-state index >= 15 is 0 Å². The standard InChI is InChI=1S/C25H22N2O2/c1-28-22-13-8-18(9-14-22)7-10-20-17-19-5-3-4-6-24(19)25(20)27-26-21-11-15-23(29-2)16-12-21/h3-16H,17H2,1-2H3/b10-7+,27-26?. The van der Waals surface area contributed by atoms with Gasteiger partial charge in [-0.3, -0.25) is 0 Å². The molecular weight excluding hydrogens is 360 g/mol. The molecule has 4 rings (SSSR count). The third-order valence-corrected chi connectivity index (χ3v) is 4.89. The third-order valence-electron chi connectivity index (χ3n) is 4.89. The molecule has 0 spiro atoms. The second kappa shape index (κ2) is 8.57. The van der Waals surface area contributed by atoms with Crippen molar-refractivity contribution in [3.63, 3.8) is 0 Å². The molecule has 1 aliphatic carbocycles. The number of hydrogen-bond donors (Lipinski definition) is 0. The van der Waals surface area contributed by atoms with Gasteiger partial charge >= 0.3 is 0 Å². The Balaban J connectivity index is 1.64. The van der Waals surface area contributed by atoms with Crippen LogP contribution in [-0.4, -0.2) is 14.2 Å². The van der Waals surface area contributed by atoms with Gasteiger partial charge in [-0.25, -0.2) is 0 Å². The van der Waals surface area contributed by atoms with E-state index in [1.54, 1.807) is 14.2 Å². The smallest absolute Gasteiger partial charge is 0.119 e. The fourth-order valence-corrected chi connectivity index (χ4v) is 3.29. The minimum Gasteiger partial charge on any atom is -0.497 e. The second-order valence-electron chi connectivity index (χ2n) is 6.71. The highest BCUT2D eigenvalue weighted by atomic mass is 16.5. The van der Waals surface area contributed by atoms with E-state index in [-0.39, 0.29) is 0 Å². The highest BCUT2D eigenvalue weighted by Gasteiger charge is 2.19. The van der Waals surface area contributed by atoms with Gasteiger partial charge in [-0.1, -0.05) is 48.6 Å². The highest BCUT2D eigenvalue weighted by Crippen LogP contribution is 2.35. The van der Waals surface area contributed by atoms with Gasteiger partial charge in [0.1, 0.15) is 11.5 Å². The van der Waals surface area contributed by atoms with Crippen molar-refractivity contribution in [2.75, 3.05) is 14.2 Å². The summed E-state index contributed by atoms with van der Waals surface area (Å²) in [5.74, 6) is 1.65. The van der Waals surface area contributed by atoms with Crippen LogP contribution in [0.5, 0.6) is 11.5 Å². The summed E-state index contributed by atoms with van der Waals surface area (Å²) in [4.78, 5) is 0. The van der Waals surface area contributed by atoms with Crippen molar-refractivity contribution in [2.45, 2.75) is 6.42 Å². The van der Waals surface area contributed by atoms with E-state index in [1.165, 1.54) is 5.56 Å². The molecule has 0 amide bonds.